The minimum atomic E-state index is -0.910. The number of piperidine rings is 1. The average Bonchev–Trinajstić information content (AvgIpc) is 3.37. The van der Waals surface area contributed by atoms with Crippen molar-refractivity contribution >= 4 is 11.4 Å². The molecule has 4 rings (SSSR count). The molecule has 2 N–H and O–H groups in total. The molecular weight excluding hydrogens is 453 g/mol. The highest BCUT2D eigenvalue weighted by Crippen LogP contribution is 2.30. The van der Waals surface area contributed by atoms with Crippen LogP contribution in [-0.2, 0) is 15.6 Å². The lowest BCUT2D eigenvalue weighted by Gasteiger charge is -2.37. The molecule has 7 heteroatoms. The third-order valence-corrected chi connectivity index (χ3v) is 7.71. The molecule has 4 heterocycles. The first-order valence-electron chi connectivity index (χ1n) is 13.5. The van der Waals surface area contributed by atoms with Crippen LogP contribution in [0.1, 0.15) is 71.4 Å². The van der Waals surface area contributed by atoms with E-state index in [0.29, 0.717) is 12.6 Å². The molecule has 2 aliphatic rings. The Hall–Kier alpha value is -2.25. The van der Waals surface area contributed by atoms with Gasteiger partial charge in [0.1, 0.15) is 6.17 Å². The van der Waals surface area contributed by atoms with Crippen LogP contribution in [0.15, 0.2) is 36.9 Å². The predicted molar refractivity (Wildman–Crippen MR) is 146 cm³/mol. The highest BCUT2D eigenvalue weighted by Gasteiger charge is 2.31. The number of hydrogen-bond acceptors (Lipinski definition) is 6. The number of hydrogen-bond donors (Lipinski definition) is 2. The standard InChI is InChI=1S/C29H44FN5O/c1-28(2,3)21-13-24(18-31-15-21)34-27-8-10-35(20-26(27)30)11-9-29(4,5)22-14-23(17-32-16-22)33-19-25-7-6-12-36-25/h13-18,25-27,33-34H,6-12,19-20H2,1-5H3. The van der Waals surface area contributed by atoms with E-state index in [4.69, 9.17) is 4.74 Å². The van der Waals surface area contributed by atoms with Crippen LogP contribution in [0.5, 0.6) is 0 Å². The summed E-state index contributed by atoms with van der Waals surface area (Å²) in [6, 6.07) is 4.13. The molecule has 36 heavy (non-hydrogen) atoms. The van der Waals surface area contributed by atoms with Gasteiger partial charge >= 0.3 is 0 Å². The van der Waals surface area contributed by atoms with E-state index in [1.807, 2.05) is 18.6 Å². The topological polar surface area (TPSA) is 62.3 Å². The summed E-state index contributed by atoms with van der Waals surface area (Å²) in [5.74, 6) is 0. The van der Waals surface area contributed by atoms with Gasteiger partial charge in [-0.1, -0.05) is 34.6 Å². The summed E-state index contributed by atoms with van der Waals surface area (Å²) in [6.07, 6.45) is 10.9. The number of nitrogens with zero attached hydrogens (tertiary/aromatic N) is 3. The zero-order valence-corrected chi connectivity index (χ0v) is 22.7. The van der Waals surface area contributed by atoms with Crippen LogP contribution in [0.25, 0.3) is 0 Å². The Balaban J connectivity index is 1.27. The van der Waals surface area contributed by atoms with Crippen LogP contribution >= 0.6 is 0 Å². The third kappa shape index (κ3) is 7.16. The van der Waals surface area contributed by atoms with Crippen molar-refractivity contribution in [3.8, 4) is 0 Å². The van der Waals surface area contributed by atoms with E-state index in [9.17, 15) is 0 Å². The summed E-state index contributed by atoms with van der Waals surface area (Å²) >= 11 is 0. The molecular formula is C29H44FN5O. The fourth-order valence-corrected chi connectivity index (χ4v) is 5.00. The molecule has 0 aromatic carbocycles. The van der Waals surface area contributed by atoms with Crippen molar-refractivity contribution in [2.45, 2.75) is 89.4 Å². The lowest BCUT2D eigenvalue weighted by Crippen LogP contribution is -2.48. The third-order valence-electron chi connectivity index (χ3n) is 7.71. The fraction of sp³-hybridized carbons (Fsp3) is 0.655. The molecule has 0 radical (unpaired) electrons. The van der Waals surface area contributed by atoms with Gasteiger partial charge in [0.25, 0.3) is 0 Å². The van der Waals surface area contributed by atoms with Crippen LogP contribution in [0.2, 0.25) is 0 Å². The van der Waals surface area contributed by atoms with Gasteiger partial charge in [-0.05, 0) is 66.3 Å². The Labute approximate surface area is 216 Å². The number of halogens is 1. The van der Waals surface area contributed by atoms with Gasteiger partial charge in [0.05, 0.1) is 23.5 Å². The first-order valence-corrected chi connectivity index (χ1v) is 13.5. The smallest absolute Gasteiger partial charge is 0.133 e. The molecule has 3 atom stereocenters. The Bertz CT molecular complexity index is 986. The number of rotatable bonds is 9. The summed E-state index contributed by atoms with van der Waals surface area (Å²) < 4.78 is 20.9. The van der Waals surface area contributed by atoms with Gasteiger partial charge in [-0.25, -0.2) is 4.39 Å². The first-order chi connectivity index (χ1) is 17.1. The van der Waals surface area contributed by atoms with Gasteiger partial charge < -0.3 is 20.3 Å². The van der Waals surface area contributed by atoms with Crippen LogP contribution in [0.3, 0.4) is 0 Å². The second-order valence-corrected chi connectivity index (χ2v) is 12.2. The van der Waals surface area contributed by atoms with E-state index >= 15 is 4.39 Å². The number of nitrogens with one attached hydrogen (secondary N) is 2. The maximum Gasteiger partial charge on any atom is 0.133 e. The Morgan fingerprint density at radius 2 is 1.72 bits per heavy atom. The van der Waals surface area contributed by atoms with Crippen molar-refractivity contribution in [1.29, 1.82) is 0 Å². The molecule has 0 spiro atoms. The maximum absolute atomic E-state index is 15.2. The molecule has 0 amide bonds. The number of anilines is 2. The highest BCUT2D eigenvalue weighted by molar-refractivity contribution is 5.46. The zero-order valence-electron chi connectivity index (χ0n) is 22.7. The number of pyridine rings is 2. The largest absolute Gasteiger partial charge is 0.381 e. The van der Waals surface area contributed by atoms with Crippen molar-refractivity contribution in [3.05, 3.63) is 48.0 Å². The number of alkyl halides is 1. The van der Waals surface area contributed by atoms with Crippen LogP contribution < -0.4 is 10.6 Å². The lowest BCUT2D eigenvalue weighted by atomic mass is 9.82. The molecule has 2 aromatic heterocycles. The number of likely N-dealkylation sites (tertiary alicyclic amines) is 1. The highest BCUT2D eigenvalue weighted by atomic mass is 19.1. The van der Waals surface area contributed by atoms with E-state index in [2.05, 4.69) is 72.3 Å². The molecule has 0 aliphatic carbocycles. The van der Waals surface area contributed by atoms with E-state index in [0.717, 1.165) is 68.9 Å². The summed E-state index contributed by atoms with van der Waals surface area (Å²) in [6.45, 7) is 14.9. The minimum Gasteiger partial charge on any atom is -0.381 e. The molecule has 0 bridgehead atoms. The predicted octanol–water partition coefficient (Wildman–Crippen LogP) is 5.56. The zero-order chi connectivity index (χ0) is 25.8. The molecule has 2 fully saturated rings. The van der Waals surface area contributed by atoms with Gasteiger partial charge in [-0.2, -0.15) is 0 Å². The fourth-order valence-electron chi connectivity index (χ4n) is 5.00. The SMILES string of the molecule is CC(C)(C)c1cncc(NC2CCN(CCC(C)(C)c3cncc(NCC4CCCO4)c3)CC2F)c1. The number of aromatic nitrogens is 2. The van der Waals surface area contributed by atoms with Crippen molar-refractivity contribution in [1.82, 2.24) is 14.9 Å². The van der Waals surface area contributed by atoms with Crippen molar-refractivity contribution in [3.63, 3.8) is 0 Å². The van der Waals surface area contributed by atoms with Gasteiger partial charge in [0, 0.05) is 51.0 Å². The van der Waals surface area contributed by atoms with Gasteiger partial charge in [0.2, 0.25) is 0 Å². The molecule has 3 unspecified atom stereocenters. The molecule has 0 saturated carbocycles. The molecule has 2 aliphatic heterocycles. The van der Waals surface area contributed by atoms with Gasteiger partial charge in [0.15, 0.2) is 0 Å². The number of ether oxygens (including phenoxy) is 1. The molecule has 2 saturated heterocycles. The second kappa shape index (κ2) is 11.4. The van der Waals surface area contributed by atoms with Crippen molar-refractivity contribution < 1.29 is 9.13 Å². The Morgan fingerprint density at radius 3 is 2.42 bits per heavy atom. The van der Waals surface area contributed by atoms with E-state index in [-0.39, 0.29) is 16.9 Å². The Kier molecular flexibility index (Phi) is 8.51. The van der Waals surface area contributed by atoms with Crippen LogP contribution in [0.4, 0.5) is 15.8 Å². The molecule has 2 aromatic rings. The second-order valence-electron chi connectivity index (χ2n) is 12.2. The molecule has 198 valence electrons. The van der Waals surface area contributed by atoms with Gasteiger partial charge in [-0.3, -0.25) is 9.97 Å². The quantitative estimate of drug-likeness (QED) is 0.473. The minimum absolute atomic E-state index is 0.0193. The summed E-state index contributed by atoms with van der Waals surface area (Å²) in [5.41, 5.74) is 4.28. The van der Waals surface area contributed by atoms with Crippen molar-refractivity contribution in [2.75, 3.05) is 43.4 Å². The lowest BCUT2D eigenvalue weighted by molar-refractivity contribution is 0.119. The van der Waals surface area contributed by atoms with Gasteiger partial charge in [-0.15, -0.1) is 0 Å². The van der Waals surface area contributed by atoms with Crippen molar-refractivity contribution in [2.24, 2.45) is 0 Å². The summed E-state index contributed by atoms with van der Waals surface area (Å²) in [7, 11) is 0. The summed E-state index contributed by atoms with van der Waals surface area (Å²) in [4.78, 5) is 11.1. The van der Waals surface area contributed by atoms with Crippen LogP contribution in [-0.4, -0.2) is 66.0 Å². The maximum atomic E-state index is 15.2. The van der Waals surface area contributed by atoms with Crippen LogP contribution in [0, 0.1) is 0 Å². The van der Waals surface area contributed by atoms with E-state index in [1.54, 1.807) is 6.20 Å². The monoisotopic (exact) mass is 497 g/mol. The Morgan fingerprint density at radius 1 is 1.00 bits per heavy atom. The summed E-state index contributed by atoms with van der Waals surface area (Å²) in [5, 5.41) is 6.90. The molecule has 6 nitrogen and oxygen atoms in total. The normalized spacial score (nSPS) is 23.6. The first kappa shape index (κ1) is 26.8. The van der Waals surface area contributed by atoms with E-state index < -0.39 is 6.17 Å². The average molecular weight is 498 g/mol. The van der Waals surface area contributed by atoms with E-state index in [1.165, 1.54) is 5.56 Å².